The van der Waals surface area contributed by atoms with E-state index in [1.54, 1.807) is 0 Å². The second-order valence-corrected chi connectivity index (χ2v) is 13.8. The molecule has 0 aliphatic rings. The zero-order chi connectivity index (χ0) is 36.0. The number of fused-ring (bicyclic) bond motifs is 6. The standard InChI is InChI=1S/C48H26N4O3/c1-3-11-28(12-4-1)45-50-46(52-47(51-45)34-17-10-19-37-40(34)32-15-7-8-18-36(32)53-37)29-23-21-27(22-24-29)31-25-35-42-39(26-31)54-38-20-9-16-33(41(38)42)44-43(35)49-48(55-44)30-13-5-2-6-14-30/h1-26H. The number of nitrogens with zero attached hydrogens (tertiary/aromatic N) is 4. The highest BCUT2D eigenvalue weighted by molar-refractivity contribution is 6.32. The molecule has 0 atom stereocenters. The lowest BCUT2D eigenvalue weighted by Crippen LogP contribution is -2.00. The zero-order valence-corrected chi connectivity index (χ0v) is 29.0. The summed E-state index contributed by atoms with van der Waals surface area (Å²) in [7, 11) is 0. The maximum atomic E-state index is 6.50. The number of furan rings is 2. The van der Waals surface area contributed by atoms with E-state index in [4.69, 9.17) is 33.2 Å². The summed E-state index contributed by atoms with van der Waals surface area (Å²) in [5.41, 5.74) is 10.4. The molecule has 256 valence electrons. The number of aromatic nitrogens is 4. The van der Waals surface area contributed by atoms with E-state index < -0.39 is 0 Å². The van der Waals surface area contributed by atoms with Gasteiger partial charge in [0.2, 0.25) is 5.89 Å². The highest BCUT2D eigenvalue weighted by atomic mass is 16.4. The Hall–Kier alpha value is -7.64. The average Bonchev–Trinajstić information content (AvgIpc) is 3.98. The van der Waals surface area contributed by atoms with Gasteiger partial charge in [-0.3, -0.25) is 0 Å². The fraction of sp³-hybridized carbons (Fsp3) is 0. The molecule has 8 aromatic carbocycles. The first-order chi connectivity index (χ1) is 27.2. The van der Waals surface area contributed by atoms with Gasteiger partial charge in [-0.25, -0.2) is 19.9 Å². The lowest BCUT2D eigenvalue weighted by molar-refractivity contribution is 0.623. The Kier molecular flexibility index (Phi) is 6.21. The van der Waals surface area contributed by atoms with Crippen molar-refractivity contribution in [1.82, 2.24) is 19.9 Å². The molecule has 0 amide bonds. The van der Waals surface area contributed by atoms with Crippen molar-refractivity contribution in [1.29, 1.82) is 0 Å². The maximum absolute atomic E-state index is 6.50. The summed E-state index contributed by atoms with van der Waals surface area (Å²) in [5, 5.41) is 6.09. The fourth-order valence-corrected chi connectivity index (χ4v) is 7.99. The quantitative estimate of drug-likeness (QED) is 0.165. The predicted molar refractivity (Wildman–Crippen MR) is 218 cm³/mol. The minimum absolute atomic E-state index is 0.580. The Morgan fingerprint density at radius 3 is 1.71 bits per heavy atom. The van der Waals surface area contributed by atoms with E-state index in [9.17, 15) is 0 Å². The van der Waals surface area contributed by atoms with Crippen LogP contribution in [0.4, 0.5) is 0 Å². The van der Waals surface area contributed by atoms with Crippen LogP contribution >= 0.6 is 0 Å². The average molecular weight is 707 g/mol. The smallest absolute Gasteiger partial charge is 0.227 e. The number of hydrogen-bond acceptors (Lipinski definition) is 7. The maximum Gasteiger partial charge on any atom is 0.227 e. The van der Waals surface area contributed by atoms with Crippen molar-refractivity contribution in [2.75, 3.05) is 0 Å². The molecule has 12 rings (SSSR count). The van der Waals surface area contributed by atoms with E-state index in [-0.39, 0.29) is 0 Å². The first-order valence-electron chi connectivity index (χ1n) is 18.1. The molecule has 12 aromatic rings. The molecule has 4 heterocycles. The zero-order valence-electron chi connectivity index (χ0n) is 29.0. The predicted octanol–water partition coefficient (Wildman–Crippen LogP) is 12.7. The van der Waals surface area contributed by atoms with Crippen LogP contribution in [0, 0.1) is 0 Å². The van der Waals surface area contributed by atoms with Gasteiger partial charge in [0.25, 0.3) is 0 Å². The van der Waals surface area contributed by atoms with Gasteiger partial charge in [0.15, 0.2) is 23.1 Å². The summed E-state index contributed by atoms with van der Waals surface area (Å²) in [6.45, 7) is 0. The molecular weight excluding hydrogens is 681 g/mol. The second kappa shape index (κ2) is 11.4. The Balaban J connectivity index is 1.01. The molecule has 0 aliphatic heterocycles. The van der Waals surface area contributed by atoms with Crippen molar-refractivity contribution in [3.05, 3.63) is 158 Å². The van der Waals surface area contributed by atoms with Crippen molar-refractivity contribution >= 4 is 65.7 Å². The minimum atomic E-state index is 0.580. The van der Waals surface area contributed by atoms with Gasteiger partial charge in [-0.2, -0.15) is 0 Å². The number of hydrogen-bond donors (Lipinski definition) is 0. The molecule has 0 saturated carbocycles. The van der Waals surface area contributed by atoms with Crippen LogP contribution in [-0.2, 0) is 0 Å². The third-order valence-electron chi connectivity index (χ3n) is 10.5. The number of benzene rings is 8. The summed E-state index contributed by atoms with van der Waals surface area (Å²) in [6, 6.07) is 52.9. The highest BCUT2D eigenvalue weighted by Crippen LogP contribution is 2.45. The Morgan fingerprint density at radius 2 is 0.909 bits per heavy atom. The monoisotopic (exact) mass is 706 g/mol. The van der Waals surface area contributed by atoms with E-state index in [0.29, 0.717) is 23.4 Å². The fourth-order valence-electron chi connectivity index (χ4n) is 7.99. The summed E-state index contributed by atoms with van der Waals surface area (Å²) >= 11 is 0. The van der Waals surface area contributed by atoms with Crippen molar-refractivity contribution in [2.45, 2.75) is 0 Å². The van der Waals surface area contributed by atoms with E-state index in [1.807, 2.05) is 109 Å². The van der Waals surface area contributed by atoms with Crippen LogP contribution in [0.15, 0.2) is 171 Å². The molecule has 7 nitrogen and oxygen atoms in total. The number of para-hydroxylation sites is 1. The van der Waals surface area contributed by atoms with Crippen molar-refractivity contribution in [3.63, 3.8) is 0 Å². The SMILES string of the molecule is c1ccc(-c2nc(-c3ccc(-c4cc5oc6cccc7c8oc(-c9ccccc9)nc8c(c4)c5c67)cc3)nc(-c3cccc4oc5ccccc5c34)n2)cc1. The Labute approximate surface area is 312 Å². The number of rotatable bonds is 5. The first-order valence-corrected chi connectivity index (χ1v) is 18.1. The first kappa shape index (κ1) is 29.9. The Bertz CT molecular complexity index is 3420. The van der Waals surface area contributed by atoms with Crippen LogP contribution in [-0.4, -0.2) is 19.9 Å². The van der Waals surface area contributed by atoms with Gasteiger partial charge in [-0.15, -0.1) is 0 Å². The second-order valence-electron chi connectivity index (χ2n) is 13.8. The molecule has 0 saturated heterocycles. The largest absolute Gasteiger partial charge is 0.456 e. The van der Waals surface area contributed by atoms with Crippen molar-refractivity contribution in [3.8, 4) is 56.7 Å². The molecule has 4 aromatic heterocycles. The molecule has 7 heteroatoms. The number of oxazole rings is 1. The van der Waals surface area contributed by atoms with Gasteiger partial charge < -0.3 is 13.3 Å². The summed E-state index contributed by atoms with van der Waals surface area (Å²) < 4.78 is 19.2. The molecular formula is C48H26N4O3. The molecule has 0 unspecified atom stereocenters. The van der Waals surface area contributed by atoms with E-state index >= 15 is 0 Å². The normalized spacial score (nSPS) is 12.0. The van der Waals surface area contributed by atoms with E-state index in [1.165, 1.54) is 0 Å². The van der Waals surface area contributed by atoms with Gasteiger partial charge >= 0.3 is 0 Å². The lowest BCUT2D eigenvalue weighted by atomic mass is 9.96. The molecule has 0 aliphatic carbocycles. The topological polar surface area (TPSA) is 91.0 Å². The molecule has 0 fully saturated rings. The van der Waals surface area contributed by atoms with Gasteiger partial charge in [-0.1, -0.05) is 115 Å². The third kappa shape index (κ3) is 4.57. The van der Waals surface area contributed by atoms with Gasteiger partial charge in [0.1, 0.15) is 27.8 Å². The lowest BCUT2D eigenvalue weighted by Gasteiger charge is -2.10. The minimum Gasteiger partial charge on any atom is -0.456 e. The highest BCUT2D eigenvalue weighted by Gasteiger charge is 2.23. The van der Waals surface area contributed by atoms with Crippen LogP contribution in [0.3, 0.4) is 0 Å². The van der Waals surface area contributed by atoms with Crippen LogP contribution in [0.5, 0.6) is 0 Å². The molecule has 0 spiro atoms. The van der Waals surface area contributed by atoms with Crippen LogP contribution in [0.2, 0.25) is 0 Å². The van der Waals surface area contributed by atoms with Gasteiger partial charge in [0, 0.05) is 54.6 Å². The summed E-state index contributed by atoms with van der Waals surface area (Å²) in [5.74, 6) is 2.35. The molecule has 0 N–H and O–H groups in total. The molecule has 0 bridgehead atoms. The van der Waals surface area contributed by atoms with E-state index in [2.05, 4.69) is 48.5 Å². The molecule has 0 radical (unpaired) electrons. The third-order valence-corrected chi connectivity index (χ3v) is 10.5. The summed E-state index contributed by atoms with van der Waals surface area (Å²) in [6.07, 6.45) is 0. The van der Waals surface area contributed by atoms with Crippen LogP contribution < -0.4 is 0 Å². The van der Waals surface area contributed by atoms with Crippen molar-refractivity contribution < 1.29 is 13.3 Å². The molecule has 55 heavy (non-hydrogen) atoms. The van der Waals surface area contributed by atoms with E-state index in [0.717, 1.165) is 99.1 Å². The van der Waals surface area contributed by atoms with Crippen LogP contribution in [0.1, 0.15) is 0 Å². The Morgan fingerprint density at radius 1 is 0.327 bits per heavy atom. The van der Waals surface area contributed by atoms with Gasteiger partial charge in [-0.05, 0) is 53.6 Å². The van der Waals surface area contributed by atoms with Gasteiger partial charge in [0.05, 0.1) is 0 Å². The van der Waals surface area contributed by atoms with Crippen molar-refractivity contribution in [2.24, 2.45) is 0 Å². The summed E-state index contributed by atoms with van der Waals surface area (Å²) in [4.78, 5) is 20.2. The van der Waals surface area contributed by atoms with Crippen LogP contribution in [0.25, 0.3) is 122 Å².